The molecule has 0 aliphatic carbocycles. The highest BCUT2D eigenvalue weighted by Gasteiger charge is 2.11. The summed E-state index contributed by atoms with van der Waals surface area (Å²) in [6.45, 7) is 4.01. The molecule has 3 aromatic rings. The van der Waals surface area contributed by atoms with Gasteiger partial charge >= 0.3 is 0 Å². The molecule has 0 bridgehead atoms. The van der Waals surface area contributed by atoms with Gasteiger partial charge in [-0.05, 0) is 43.2 Å². The molecule has 0 radical (unpaired) electrons. The molecule has 1 heterocycles. The summed E-state index contributed by atoms with van der Waals surface area (Å²) in [5.41, 5.74) is 4.40. The van der Waals surface area contributed by atoms with Gasteiger partial charge in [-0.25, -0.2) is 4.98 Å². The van der Waals surface area contributed by atoms with Gasteiger partial charge in [-0.3, -0.25) is 4.79 Å². The Labute approximate surface area is 143 Å². The van der Waals surface area contributed by atoms with Crippen LogP contribution in [0.3, 0.4) is 0 Å². The minimum absolute atomic E-state index is 0.0935. The molecule has 0 fully saturated rings. The molecule has 0 unspecified atom stereocenters. The van der Waals surface area contributed by atoms with E-state index in [1.165, 1.54) is 11.8 Å². The van der Waals surface area contributed by atoms with Gasteiger partial charge in [-0.2, -0.15) is 0 Å². The van der Waals surface area contributed by atoms with Crippen LogP contribution in [0.4, 0.5) is 5.69 Å². The maximum Gasteiger partial charge on any atom is 0.257 e. The summed E-state index contributed by atoms with van der Waals surface area (Å²) in [6.07, 6.45) is 0. The van der Waals surface area contributed by atoms with E-state index >= 15 is 0 Å². The fourth-order valence-electron chi connectivity index (χ4n) is 2.14. The van der Waals surface area contributed by atoms with Crippen molar-refractivity contribution in [3.63, 3.8) is 0 Å². The normalized spacial score (nSPS) is 10.9. The number of benzene rings is 2. The number of hydrogen-bond donors (Lipinski definition) is 1. The van der Waals surface area contributed by atoms with Gasteiger partial charge in [-0.15, -0.1) is 0 Å². The van der Waals surface area contributed by atoms with Gasteiger partial charge < -0.3 is 9.73 Å². The molecule has 3 rings (SSSR count). The van der Waals surface area contributed by atoms with Crippen molar-refractivity contribution in [2.75, 3.05) is 11.1 Å². The first-order valence-electron chi connectivity index (χ1n) is 7.08. The van der Waals surface area contributed by atoms with Crippen LogP contribution in [0.5, 0.6) is 0 Å². The third kappa shape index (κ3) is 3.68. The van der Waals surface area contributed by atoms with E-state index in [1.807, 2.05) is 32.0 Å². The maximum absolute atomic E-state index is 12.1. The number of oxazole rings is 1. The van der Waals surface area contributed by atoms with Crippen LogP contribution in [0.2, 0.25) is 5.02 Å². The lowest BCUT2D eigenvalue weighted by Gasteiger charge is -2.09. The SMILES string of the molecule is Cc1cccc(NC(=O)CSc2nc3ccc(Cl)cc3o2)c1C. The molecule has 118 valence electrons. The molecular formula is C17H15ClN2O2S. The van der Waals surface area contributed by atoms with Crippen LogP contribution in [0.15, 0.2) is 46.0 Å². The number of amides is 1. The number of aromatic nitrogens is 1. The molecule has 0 aliphatic rings. The lowest BCUT2D eigenvalue weighted by atomic mass is 10.1. The van der Waals surface area contributed by atoms with Crippen LogP contribution >= 0.6 is 23.4 Å². The first kappa shape index (κ1) is 15.9. The highest BCUT2D eigenvalue weighted by molar-refractivity contribution is 7.99. The van der Waals surface area contributed by atoms with Gasteiger partial charge in [0.15, 0.2) is 5.58 Å². The minimum atomic E-state index is -0.0935. The second-order valence-corrected chi connectivity index (χ2v) is 6.54. The molecule has 1 N–H and O–H groups in total. The Morgan fingerprint density at radius 2 is 2.13 bits per heavy atom. The van der Waals surface area contributed by atoms with Gasteiger partial charge in [0.05, 0.1) is 5.75 Å². The van der Waals surface area contributed by atoms with Gasteiger partial charge in [0.1, 0.15) is 5.52 Å². The summed E-state index contributed by atoms with van der Waals surface area (Å²) >= 11 is 7.17. The molecule has 2 aromatic carbocycles. The van der Waals surface area contributed by atoms with Gasteiger partial charge in [0, 0.05) is 16.8 Å². The van der Waals surface area contributed by atoms with Crippen LogP contribution in [0, 0.1) is 13.8 Å². The molecule has 0 saturated carbocycles. The lowest BCUT2D eigenvalue weighted by Crippen LogP contribution is -2.15. The van der Waals surface area contributed by atoms with Crippen molar-refractivity contribution < 1.29 is 9.21 Å². The average Bonchev–Trinajstić information content (AvgIpc) is 2.92. The first-order valence-corrected chi connectivity index (χ1v) is 8.44. The summed E-state index contributed by atoms with van der Waals surface area (Å²) in [4.78, 5) is 16.4. The highest BCUT2D eigenvalue weighted by Crippen LogP contribution is 2.26. The Kier molecular flexibility index (Phi) is 4.59. The fraction of sp³-hybridized carbons (Fsp3) is 0.176. The van der Waals surface area contributed by atoms with Crippen molar-refractivity contribution in [2.24, 2.45) is 0 Å². The summed E-state index contributed by atoms with van der Waals surface area (Å²) in [6, 6.07) is 11.1. The highest BCUT2D eigenvalue weighted by atomic mass is 35.5. The predicted molar refractivity (Wildman–Crippen MR) is 94.3 cm³/mol. The smallest absolute Gasteiger partial charge is 0.257 e. The van der Waals surface area contributed by atoms with Gasteiger partial charge in [-0.1, -0.05) is 35.5 Å². The fourth-order valence-corrected chi connectivity index (χ4v) is 2.94. The number of hydrogen-bond acceptors (Lipinski definition) is 4. The van der Waals surface area contributed by atoms with E-state index in [0.717, 1.165) is 22.3 Å². The van der Waals surface area contributed by atoms with Crippen molar-refractivity contribution in [3.8, 4) is 0 Å². The number of nitrogens with zero attached hydrogens (tertiary/aromatic N) is 1. The number of halogens is 1. The van der Waals surface area contributed by atoms with E-state index < -0.39 is 0 Å². The van der Waals surface area contributed by atoms with Gasteiger partial charge in [0.25, 0.3) is 5.22 Å². The number of rotatable bonds is 4. The van der Waals surface area contributed by atoms with Crippen molar-refractivity contribution in [1.82, 2.24) is 4.98 Å². The summed E-state index contributed by atoms with van der Waals surface area (Å²) in [5.74, 6) is 0.137. The topological polar surface area (TPSA) is 55.1 Å². The molecule has 0 aliphatic heterocycles. The minimum Gasteiger partial charge on any atom is -0.431 e. The number of fused-ring (bicyclic) bond motifs is 1. The molecule has 23 heavy (non-hydrogen) atoms. The van der Waals surface area contributed by atoms with Crippen LogP contribution < -0.4 is 5.32 Å². The Bertz CT molecular complexity index is 876. The van der Waals surface area contributed by atoms with Crippen molar-refractivity contribution in [3.05, 3.63) is 52.5 Å². The number of thioether (sulfide) groups is 1. The Hall–Kier alpha value is -1.98. The van der Waals surface area contributed by atoms with E-state index in [1.54, 1.807) is 18.2 Å². The lowest BCUT2D eigenvalue weighted by molar-refractivity contribution is -0.113. The van der Waals surface area contributed by atoms with E-state index in [0.29, 0.717) is 15.8 Å². The third-order valence-electron chi connectivity index (χ3n) is 3.54. The van der Waals surface area contributed by atoms with E-state index in [9.17, 15) is 4.79 Å². The second kappa shape index (κ2) is 6.64. The summed E-state index contributed by atoms with van der Waals surface area (Å²) in [7, 11) is 0. The van der Waals surface area contributed by atoms with Crippen LogP contribution in [-0.2, 0) is 4.79 Å². The van der Waals surface area contributed by atoms with E-state index in [-0.39, 0.29) is 11.7 Å². The van der Waals surface area contributed by atoms with Crippen molar-refractivity contribution >= 4 is 46.1 Å². The molecule has 0 saturated heterocycles. The molecule has 4 nitrogen and oxygen atoms in total. The van der Waals surface area contributed by atoms with Crippen molar-refractivity contribution in [1.29, 1.82) is 0 Å². The monoisotopic (exact) mass is 346 g/mol. The van der Waals surface area contributed by atoms with E-state index in [4.69, 9.17) is 16.0 Å². The summed E-state index contributed by atoms with van der Waals surface area (Å²) < 4.78 is 5.58. The second-order valence-electron chi connectivity index (χ2n) is 5.18. The quantitative estimate of drug-likeness (QED) is 0.687. The number of carbonyl (C=O) groups excluding carboxylic acids is 1. The Morgan fingerprint density at radius 1 is 1.30 bits per heavy atom. The standard InChI is InChI=1S/C17H15ClN2O2S/c1-10-4-3-5-13(11(10)2)19-16(21)9-23-17-20-14-7-6-12(18)8-15(14)22-17/h3-8H,9H2,1-2H3,(H,19,21). The number of aryl methyl sites for hydroxylation is 1. The molecule has 6 heteroatoms. The average molecular weight is 347 g/mol. The third-order valence-corrected chi connectivity index (χ3v) is 4.60. The first-order chi connectivity index (χ1) is 11.0. The molecule has 0 atom stereocenters. The van der Waals surface area contributed by atoms with Gasteiger partial charge in [0.2, 0.25) is 5.91 Å². The number of carbonyl (C=O) groups is 1. The zero-order valence-electron chi connectivity index (χ0n) is 12.7. The van der Waals surface area contributed by atoms with Crippen LogP contribution in [-0.4, -0.2) is 16.6 Å². The van der Waals surface area contributed by atoms with Crippen molar-refractivity contribution in [2.45, 2.75) is 19.1 Å². The van der Waals surface area contributed by atoms with E-state index in [2.05, 4.69) is 10.3 Å². The number of anilines is 1. The molecule has 1 aromatic heterocycles. The van der Waals surface area contributed by atoms with Crippen LogP contribution in [0.25, 0.3) is 11.1 Å². The molecule has 0 spiro atoms. The predicted octanol–water partition coefficient (Wildman–Crippen LogP) is 4.83. The largest absolute Gasteiger partial charge is 0.431 e. The zero-order chi connectivity index (χ0) is 16.4. The molecular weight excluding hydrogens is 332 g/mol. The number of nitrogens with one attached hydrogen (secondary N) is 1. The zero-order valence-corrected chi connectivity index (χ0v) is 14.3. The van der Waals surface area contributed by atoms with Crippen LogP contribution in [0.1, 0.15) is 11.1 Å². The Balaban J connectivity index is 1.65. The molecule has 1 amide bonds. The maximum atomic E-state index is 12.1. The Morgan fingerprint density at radius 3 is 2.96 bits per heavy atom. The summed E-state index contributed by atoms with van der Waals surface area (Å²) in [5, 5.41) is 3.97.